The van der Waals surface area contributed by atoms with Gasteiger partial charge < -0.3 is 5.32 Å². The van der Waals surface area contributed by atoms with E-state index < -0.39 is 21.5 Å². The second kappa shape index (κ2) is 6.15. The van der Waals surface area contributed by atoms with Crippen molar-refractivity contribution in [2.24, 2.45) is 4.99 Å². The summed E-state index contributed by atoms with van der Waals surface area (Å²) in [6, 6.07) is 5.07. The highest BCUT2D eigenvalue weighted by Crippen LogP contribution is 2.23. The third-order valence-corrected chi connectivity index (χ3v) is 6.28. The Morgan fingerprint density at radius 1 is 1.50 bits per heavy atom. The summed E-state index contributed by atoms with van der Waals surface area (Å²) in [4.78, 5) is 15.7. The zero-order chi connectivity index (χ0) is 14.8. The molecular weight excluding hydrogens is 320 g/mol. The molecule has 108 valence electrons. The highest BCUT2D eigenvalue weighted by molar-refractivity contribution is 8.35. The van der Waals surface area contributed by atoms with Crippen molar-refractivity contribution >= 4 is 49.2 Å². The molecule has 0 aromatic heterocycles. The van der Waals surface area contributed by atoms with Gasteiger partial charge in [-0.15, -0.1) is 0 Å². The number of thioether (sulfide) groups is 1. The van der Waals surface area contributed by atoms with Gasteiger partial charge >= 0.3 is 0 Å². The van der Waals surface area contributed by atoms with E-state index in [9.17, 15) is 13.2 Å². The number of hydrogen-bond acceptors (Lipinski definition) is 5. The van der Waals surface area contributed by atoms with Gasteiger partial charge in [-0.05, 0) is 24.6 Å². The number of sulfone groups is 1. The highest BCUT2D eigenvalue weighted by Gasteiger charge is 2.26. The van der Waals surface area contributed by atoms with E-state index in [-0.39, 0.29) is 4.38 Å². The monoisotopic (exact) mass is 332 g/mol. The summed E-state index contributed by atoms with van der Waals surface area (Å²) in [7, 11) is -3.63. The van der Waals surface area contributed by atoms with Crippen LogP contribution in [0.2, 0.25) is 5.02 Å². The maximum atomic E-state index is 11.9. The third kappa shape index (κ3) is 3.53. The Hall–Kier alpha value is -1.05. The zero-order valence-electron chi connectivity index (χ0n) is 10.7. The Morgan fingerprint density at radius 2 is 2.25 bits per heavy atom. The highest BCUT2D eigenvalue weighted by atomic mass is 35.5. The minimum atomic E-state index is -3.63. The second-order valence-electron chi connectivity index (χ2n) is 4.22. The molecule has 0 atom stereocenters. The molecule has 2 rings (SSSR count). The molecule has 0 saturated carbocycles. The molecule has 1 aliphatic heterocycles. The van der Waals surface area contributed by atoms with Crippen LogP contribution in [-0.4, -0.2) is 36.8 Å². The minimum absolute atomic E-state index is 0.0514. The van der Waals surface area contributed by atoms with Crippen molar-refractivity contribution in [3.8, 4) is 0 Å². The Kier molecular flexibility index (Phi) is 4.72. The normalized spacial score (nSPS) is 15.0. The first-order valence-electron chi connectivity index (χ1n) is 5.85. The predicted molar refractivity (Wildman–Crippen MR) is 83.4 cm³/mol. The molecule has 1 heterocycles. The van der Waals surface area contributed by atoms with Crippen molar-refractivity contribution in [3.05, 3.63) is 28.8 Å². The van der Waals surface area contributed by atoms with Crippen LogP contribution in [0.1, 0.15) is 5.56 Å². The van der Waals surface area contributed by atoms with Gasteiger partial charge in [-0.1, -0.05) is 29.4 Å². The largest absolute Gasteiger partial charge is 0.325 e. The Balaban J connectivity index is 2.08. The van der Waals surface area contributed by atoms with Gasteiger partial charge in [0.2, 0.25) is 15.7 Å². The van der Waals surface area contributed by atoms with Crippen molar-refractivity contribution in [2.45, 2.75) is 6.92 Å². The molecule has 0 fully saturated rings. The summed E-state index contributed by atoms with van der Waals surface area (Å²) in [6.45, 7) is 2.23. The fourth-order valence-electron chi connectivity index (χ4n) is 1.67. The van der Waals surface area contributed by atoms with Crippen LogP contribution in [0.15, 0.2) is 23.2 Å². The zero-order valence-corrected chi connectivity index (χ0v) is 13.1. The molecular formula is C12H13ClN2O3S2. The van der Waals surface area contributed by atoms with E-state index in [4.69, 9.17) is 11.6 Å². The first kappa shape index (κ1) is 15.3. The van der Waals surface area contributed by atoms with E-state index in [0.29, 0.717) is 28.6 Å². The molecule has 1 N–H and O–H groups in total. The summed E-state index contributed by atoms with van der Waals surface area (Å²) in [5, 5.41) is 3.08. The Bertz CT molecular complexity index is 671. The first-order valence-corrected chi connectivity index (χ1v) is 8.87. The van der Waals surface area contributed by atoms with Gasteiger partial charge in [-0.2, -0.15) is 0 Å². The fraction of sp³-hybridized carbons (Fsp3) is 0.333. The van der Waals surface area contributed by atoms with E-state index in [2.05, 4.69) is 10.3 Å². The van der Waals surface area contributed by atoms with Crippen molar-refractivity contribution in [1.29, 1.82) is 0 Å². The topological polar surface area (TPSA) is 75.6 Å². The van der Waals surface area contributed by atoms with Gasteiger partial charge in [0.25, 0.3) is 0 Å². The van der Waals surface area contributed by atoms with Crippen LogP contribution in [-0.2, 0) is 14.6 Å². The van der Waals surface area contributed by atoms with E-state index in [1.54, 1.807) is 25.1 Å². The molecule has 0 bridgehead atoms. The van der Waals surface area contributed by atoms with Crippen LogP contribution >= 0.6 is 23.4 Å². The molecule has 0 spiro atoms. The van der Waals surface area contributed by atoms with Gasteiger partial charge in [0.05, 0.1) is 6.54 Å². The smallest absolute Gasteiger partial charge is 0.240 e. The lowest BCUT2D eigenvalue weighted by molar-refractivity contribution is -0.113. The summed E-state index contributed by atoms with van der Waals surface area (Å²) >= 11 is 7.11. The van der Waals surface area contributed by atoms with Crippen molar-refractivity contribution < 1.29 is 13.2 Å². The maximum Gasteiger partial charge on any atom is 0.240 e. The lowest BCUT2D eigenvalue weighted by Gasteiger charge is -2.09. The molecule has 8 heteroatoms. The first-order chi connectivity index (χ1) is 9.40. The van der Waals surface area contributed by atoms with Crippen molar-refractivity contribution in [3.63, 3.8) is 0 Å². The van der Waals surface area contributed by atoms with E-state index >= 15 is 0 Å². The molecule has 0 saturated heterocycles. The average molecular weight is 333 g/mol. The summed E-state index contributed by atoms with van der Waals surface area (Å²) in [6.07, 6.45) is 0. The number of carbonyl (C=O) groups is 1. The van der Waals surface area contributed by atoms with Crippen LogP contribution < -0.4 is 5.32 Å². The standard InChI is InChI=1S/C12H13ClN2O3S2/c1-8-9(13)3-2-4-10(8)15-11(16)7-20(17,18)12-14-5-6-19-12/h2-4H,5-7H2,1H3,(H,15,16). The number of aliphatic imine (C=N–C) groups is 1. The molecule has 0 radical (unpaired) electrons. The molecule has 0 aliphatic carbocycles. The van der Waals surface area contributed by atoms with Gasteiger partial charge in [-0.25, -0.2) is 8.42 Å². The number of benzene rings is 1. The Labute approximate surface area is 126 Å². The van der Waals surface area contributed by atoms with Crippen LogP contribution in [0.3, 0.4) is 0 Å². The van der Waals surface area contributed by atoms with Crippen LogP contribution in [0.25, 0.3) is 0 Å². The van der Waals surface area contributed by atoms with Crippen LogP contribution in [0.4, 0.5) is 5.69 Å². The number of nitrogens with one attached hydrogen (secondary N) is 1. The molecule has 1 aliphatic rings. The number of rotatable bonds is 3. The summed E-state index contributed by atoms with van der Waals surface area (Å²) < 4.78 is 23.9. The average Bonchev–Trinajstić information content (AvgIpc) is 2.89. The number of nitrogens with zero attached hydrogens (tertiary/aromatic N) is 1. The van der Waals surface area contributed by atoms with E-state index in [1.807, 2.05) is 0 Å². The minimum Gasteiger partial charge on any atom is -0.325 e. The number of hydrogen-bond donors (Lipinski definition) is 1. The molecule has 1 amide bonds. The lowest BCUT2D eigenvalue weighted by atomic mass is 10.2. The van der Waals surface area contributed by atoms with Gasteiger partial charge in [0, 0.05) is 16.5 Å². The van der Waals surface area contributed by atoms with E-state index in [1.165, 1.54) is 0 Å². The Morgan fingerprint density at radius 3 is 2.90 bits per heavy atom. The number of amides is 1. The van der Waals surface area contributed by atoms with Gasteiger partial charge in [0.15, 0.2) is 4.38 Å². The fourth-order valence-corrected chi connectivity index (χ4v) is 4.36. The maximum absolute atomic E-state index is 11.9. The second-order valence-corrected chi connectivity index (χ2v) is 7.87. The van der Waals surface area contributed by atoms with Crippen molar-refractivity contribution in [2.75, 3.05) is 23.4 Å². The van der Waals surface area contributed by atoms with Gasteiger partial charge in [0.1, 0.15) is 5.75 Å². The molecule has 0 unspecified atom stereocenters. The summed E-state index contributed by atoms with van der Waals surface area (Å²) in [5.74, 6) is -0.556. The van der Waals surface area contributed by atoms with Gasteiger partial charge in [-0.3, -0.25) is 9.79 Å². The van der Waals surface area contributed by atoms with Crippen molar-refractivity contribution in [1.82, 2.24) is 0 Å². The predicted octanol–water partition coefficient (Wildman–Crippen LogP) is 2.10. The molecule has 1 aromatic rings. The number of halogens is 1. The quantitative estimate of drug-likeness (QED) is 0.919. The number of anilines is 1. The summed E-state index contributed by atoms with van der Waals surface area (Å²) in [5.41, 5.74) is 1.21. The third-order valence-electron chi connectivity index (χ3n) is 2.69. The molecule has 5 nitrogen and oxygen atoms in total. The molecule has 20 heavy (non-hydrogen) atoms. The lowest BCUT2D eigenvalue weighted by Crippen LogP contribution is -2.26. The molecule has 1 aromatic carbocycles. The van der Waals surface area contributed by atoms with Crippen LogP contribution in [0, 0.1) is 6.92 Å². The van der Waals surface area contributed by atoms with E-state index in [0.717, 1.165) is 11.8 Å². The number of carbonyl (C=O) groups excluding carboxylic acids is 1. The van der Waals surface area contributed by atoms with Crippen LogP contribution in [0.5, 0.6) is 0 Å². The SMILES string of the molecule is Cc1c(Cl)cccc1NC(=O)CS(=O)(=O)C1=NCCS1.